The van der Waals surface area contributed by atoms with Gasteiger partial charge >= 0.3 is 30.4 Å². The van der Waals surface area contributed by atoms with E-state index in [1.807, 2.05) is 0 Å². The Hall–Kier alpha value is 1.13. The van der Waals surface area contributed by atoms with Crippen LogP contribution in [0.5, 0.6) is 0 Å². The van der Waals surface area contributed by atoms with Crippen molar-refractivity contribution in [3.8, 4) is 0 Å². The van der Waals surface area contributed by atoms with Crippen molar-refractivity contribution in [2.75, 3.05) is 0 Å². The Morgan fingerprint density at radius 1 is 1.40 bits per heavy atom. The van der Waals surface area contributed by atoms with Gasteiger partial charge < -0.3 is 0 Å². The fraction of sp³-hybridized carbons (Fsp3) is 0. The summed E-state index contributed by atoms with van der Waals surface area (Å²) in [4.78, 5) is 0. The normalized spacial score (nSPS) is 7.00. The molecule has 3 nitrogen and oxygen atoms in total. The molecule has 0 saturated heterocycles. The third-order valence-electron chi connectivity index (χ3n) is 0. The molecule has 0 aromatic heterocycles. The first-order valence-corrected chi connectivity index (χ1v) is 3.57. The minimum atomic E-state index is -3.61. The molecule has 0 amide bonds. The quantitative estimate of drug-likeness (QED) is 0.503. The Morgan fingerprint density at radius 3 is 1.40 bits per heavy atom. The Balaban J connectivity index is 0. The van der Waals surface area contributed by atoms with E-state index in [4.69, 9.17) is 10.0 Å². The van der Waals surface area contributed by atoms with Crippen LogP contribution in [-0.4, -0.2) is 27.3 Å². The van der Waals surface area contributed by atoms with Crippen LogP contribution in [0.25, 0.3) is 0 Å². The molecule has 5 heavy (non-hydrogen) atoms. The molecule has 0 heterocycles. The SMILES string of the molecule is O=[Te](O)O.[Zn]. The molecule has 0 fully saturated rings. The average molecular weight is 243 g/mol. The molecule has 0 rings (SSSR count). The molecule has 0 aromatic rings. The summed E-state index contributed by atoms with van der Waals surface area (Å²) in [5.41, 5.74) is 0. The molecule has 0 bridgehead atoms. The Bertz CT molecular complexity index is 29.9. The van der Waals surface area contributed by atoms with Crippen LogP contribution < -0.4 is 0 Å². The largest absolute Gasteiger partial charge is 0 e. The maximum atomic E-state index is 8.81. The van der Waals surface area contributed by atoms with E-state index >= 15 is 0 Å². The maximum absolute atomic E-state index is 8.81. The molecule has 0 spiro atoms. The fourth-order valence-electron chi connectivity index (χ4n) is 0. The number of hydrogen-bond donors (Lipinski definition) is 2. The summed E-state index contributed by atoms with van der Waals surface area (Å²) in [6, 6.07) is 0. The van der Waals surface area contributed by atoms with E-state index in [1.54, 1.807) is 0 Å². The van der Waals surface area contributed by atoms with E-state index in [2.05, 4.69) is 0 Å². The summed E-state index contributed by atoms with van der Waals surface area (Å²) in [7, 11) is 0. The predicted molar refractivity (Wildman–Crippen MR) is 10.9 cm³/mol. The van der Waals surface area contributed by atoms with Crippen molar-refractivity contribution in [3.05, 3.63) is 0 Å². The molecule has 0 atom stereocenters. The van der Waals surface area contributed by atoms with E-state index in [1.165, 1.54) is 0 Å². The standard InChI is InChI=1S/H2O3Te.Zn/c1-4(2)3;/h(H2,1,2,3);. The van der Waals surface area contributed by atoms with Gasteiger partial charge in [-0.05, 0) is 0 Å². The smallest absolute Gasteiger partial charge is 0 e. The predicted octanol–water partition coefficient (Wildman–Crippen LogP) is -1.62. The second kappa shape index (κ2) is 5.13. The summed E-state index contributed by atoms with van der Waals surface area (Å²) in [5, 5.41) is 0. The average Bonchev–Trinajstić information content (AvgIpc) is 0.811. The van der Waals surface area contributed by atoms with Gasteiger partial charge in [0, 0.05) is 19.5 Å². The summed E-state index contributed by atoms with van der Waals surface area (Å²) in [6.07, 6.45) is 0. The minimum absolute atomic E-state index is 0. The van der Waals surface area contributed by atoms with Crippen LogP contribution in [0.1, 0.15) is 0 Å². The summed E-state index contributed by atoms with van der Waals surface area (Å²) in [5.74, 6) is 0. The van der Waals surface area contributed by atoms with E-state index in [0.717, 1.165) is 0 Å². The molecule has 0 saturated carbocycles. The van der Waals surface area contributed by atoms with Gasteiger partial charge in [0.25, 0.3) is 0 Å². The Labute approximate surface area is 49.9 Å². The van der Waals surface area contributed by atoms with Crippen LogP contribution in [0.3, 0.4) is 0 Å². The van der Waals surface area contributed by atoms with Crippen LogP contribution in [0.2, 0.25) is 0 Å². The third-order valence-corrected chi connectivity index (χ3v) is 0. The Morgan fingerprint density at radius 2 is 1.40 bits per heavy atom. The van der Waals surface area contributed by atoms with Gasteiger partial charge in [-0.3, -0.25) is 0 Å². The molecule has 0 aliphatic carbocycles. The molecule has 0 unspecified atom stereocenters. The van der Waals surface area contributed by atoms with Gasteiger partial charge in [0.05, 0.1) is 0 Å². The third kappa shape index (κ3) is 39.2. The van der Waals surface area contributed by atoms with Gasteiger partial charge in [-0.1, -0.05) is 0 Å². The summed E-state index contributed by atoms with van der Waals surface area (Å²) in [6.45, 7) is 0. The van der Waals surface area contributed by atoms with Crippen molar-refractivity contribution in [1.82, 2.24) is 0 Å². The van der Waals surface area contributed by atoms with Crippen molar-refractivity contribution in [2.45, 2.75) is 0 Å². The van der Waals surface area contributed by atoms with Crippen LogP contribution >= 0.6 is 0 Å². The van der Waals surface area contributed by atoms with E-state index in [-0.39, 0.29) is 19.5 Å². The zero-order chi connectivity index (χ0) is 3.58. The van der Waals surface area contributed by atoms with Gasteiger partial charge in [0.15, 0.2) is 0 Å². The zero-order valence-corrected chi connectivity index (χ0v) is 7.72. The number of hydrogen-bond acceptors (Lipinski definition) is 1. The van der Waals surface area contributed by atoms with Crippen molar-refractivity contribution in [2.24, 2.45) is 0 Å². The summed E-state index contributed by atoms with van der Waals surface area (Å²) >= 11 is -3.61. The Kier molecular flexibility index (Phi) is 9.71. The molecule has 0 aromatic carbocycles. The molecule has 0 aliphatic rings. The molecule has 5 heteroatoms. The molecule has 0 radical (unpaired) electrons. The molecule has 28 valence electrons. The van der Waals surface area contributed by atoms with Crippen molar-refractivity contribution < 1.29 is 29.5 Å². The first kappa shape index (κ1) is 9.46. The van der Waals surface area contributed by atoms with E-state index < -0.39 is 20.4 Å². The molecule has 2 N–H and O–H groups in total. The second-order valence-electron chi connectivity index (χ2n) is 0.231. The van der Waals surface area contributed by atoms with Gasteiger partial charge in [0.1, 0.15) is 0 Å². The van der Waals surface area contributed by atoms with Gasteiger partial charge in [-0.25, -0.2) is 0 Å². The second-order valence-corrected chi connectivity index (χ2v) is 1.55. The van der Waals surface area contributed by atoms with E-state index in [9.17, 15) is 0 Å². The van der Waals surface area contributed by atoms with Gasteiger partial charge in [0.2, 0.25) is 0 Å². The van der Waals surface area contributed by atoms with E-state index in [0.29, 0.717) is 0 Å². The van der Waals surface area contributed by atoms with Crippen LogP contribution in [0.4, 0.5) is 0 Å². The topological polar surface area (TPSA) is 57.5 Å². The van der Waals surface area contributed by atoms with Gasteiger partial charge in [-0.15, -0.1) is 0 Å². The zero-order valence-electron chi connectivity index (χ0n) is 2.42. The maximum Gasteiger partial charge on any atom is 0 e. The van der Waals surface area contributed by atoms with Crippen LogP contribution in [0.15, 0.2) is 0 Å². The monoisotopic (exact) mass is 244 g/mol. The van der Waals surface area contributed by atoms with Crippen LogP contribution in [0, 0.1) is 0 Å². The molecular weight excluding hydrogens is 241 g/mol. The summed E-state index contributed by atoms with van der Waals surface area (Å²) < 4.78 is 23.3. The first-order chi connectivity index (χ1) is 1.73. The van der Waals surface area contributed by atoms with Crippen molar-refractivity contribution >= 4 is 20.4 Å². The minimum Gasteiger partial charge on any atom is 0 e. The number of rotatable bonds is 0. The van der Waals surface area contributed by atoms with Gasteiger partial charge in [-0.2, -0.15) is 0 Å². The molecule has 0 aliphatic heterocycles. The van der Waals surface area contributed by atoms with Crippen molar-refractivity contribution in [1.29, 1.82) is 0 Å². The van der Waals surface area contributed by atoms with Crippen LogP contribution in [-0.2, 0) is 22.6 Å². The first-order valence-electron chi connectivity index (χ1n) is 0.532. The molecular formula is H2O3TeZn. The van der Waals surface area contributed by atoms with Crippen molar-refractivity contribution in [3.63, 3.8) is 0 Å². The fourth-order valence-corrected chi connectivity index (χ4v) is 0.